The molecule has 1 amide bonds. The van der Waals surface area contributed by atoms with Crippen molar-refractivity contribution < 1.29 is 13.2 Å². The molecule has 3 N–H and O–H groups in total. The number of allylic oxidation sites excluding steroid dienone is 2. The number of hydrogen-bond donors (Lipinski definition) is 3. The van der Waals surface area contributed by atoms with E-state index in [4.69, 9.17) is 11.6 Å². The Morgan fingerprint density at radius 2 is 2.07 bits per heavy atom. The van der Waals surface area contributed by atoms with Crippen molar-refractivity contribution in [2.24, 2.45) is 5.92 Å². The van der Waals surface area contributed by atoms with E-state index in [2.05, 4.69) is 21.4 Å². The number of hydrogen-bond acceptors (Lipinski definition) is 5. The van der Waals surface area contributed by atoms with E-state index in [0.717, 1.165) is 25.2 Å². The Hall–Kier alpha value is -2.13. The van der Waals surface area contributed by atoms with Gasteiger partial charge in [-0.05, 0) is 60.9 Å². The Kier molecular flexibility index (Phi) is 4.97. The molecule has 1 saturated heterocycles. The Labute approximate surface area is 180 Å². The van der Waals surface area contributed by atoms with Crippen molar-refractivity contribution in [2.75, 3.05) is 18.0 Å². The molecule has 3 atom stereocenters. The molecule has 158 valence electrons. The third-order valence-electron chi connectivity index (χ3n) is 6.06. The molecule has 30 heavy (non-hydrogen) atoms. The van der Waals surface area contributed by atoms with Crippen LogP contribution in [0.15, 0.2) is 52.6 Å². The summed E-state index contributed by atoms with van der Waals surface area (Å²) >= 11 is 6.01. The first kappa shape index (κ1) is 19.8. The maximum absolute atomic E-state index is 13.0. The summed E-state index contributed by atoms with van der Waals surface area (Å²) in [6, 6.07) is 5.08. The van der Waals surface area contributed by atoms with Crippen LogP contribution in [0.4, 0.5) is 5.69 Å². The van der Waals surface area contributed by atoms with Gasteiger partial charge in [-0.15, -0.1) is 0 Å². The number of amides is 1. The van der Waals surface area contributed by atoms with Gasteiger partial charge in [0.25, 0.3) is 10.0 Å². The van der Waals surface area contributed by atoms with Crippen LogP contribution < -0.4 is 20.3 Å². The summed E-state index contributed by atoms with van der Waals surface area (Å²) in [6.45, 7) is 2.25. The first-order valence-electron chi connectivity index (χ1n) is 10.1. The molecular formula is C21H23ClN4O3S. The molecule has 0 saturated carbocycles. The first-order chi connectivity index (χ1) is 14.4. The van der Waals surface area contributed by atoms with Crippen molar-refractivity contribution in [3.63, 3.8) is 0 Å². The predicted octanol–water partition coefficient (Wildman–Crippen LogP) is 1.48. The molecule has 0 bridgehead atoms. The number of sulfonamides is 1. The molecule has 9 heteroatoms. The maximum Gasteiger partial charge on any atom is 0.256 e. The summed E-state index contributed by atoms with van der Waals surface area (Å²) in [5.74, 6) is -0.286. The monoisotopic (exact) mass is 446 g/mol. The molecule has 1 aromatic carbocycles. The standard InChI is InChI=1S/C21H23ClN4O3S/c22-16-3-1-14-10-20(24-19(14)11-16)30(28,29)25-18-6-8-26(21(18)27)17-4-2-15-12-23-7-5-13(15)9-17/h1-4,9-11,14,18-19,23-25H,5-8,12H2/t14?,18-,19?/m0/s1. The minimum Gasteiger partial charge on any atom is -0.368 e. The highest BCUT2D eigenvalue weighted by Gasteiger charge is 2.39. The molecule has 0 radical (unpaired) electrons. The highest BCUT2D eigenvalue weighted by molar-refractivity contribution is 7.93. The van der Waals surface area contributed by atoms with E-state index >= 15 is 0 Å². The Bertz CT molecular complexity index is 1100. The largest absolute Gasteiger partial charge is 0.368 e. The number of rotatable bonds is 4. The fourth-order valence-electron chi connectivity index (χ4n) is 4.44. The Balaban J connectivity index is 1.30. The van der Waals surface area contributed by atoms with Gasteiger partial charge in [0, 0.05) is 29.7 Å². The van der Waals surface area contributed by atoms with Gasteiger partial charge in [-0.25, -0.2) is 8.42 Å². The van der Waals surface area contributed by atoms with E-state index in [0.29, 0.717) is 18.0 Å². The van der Waals surface area contributed by atoms with Gasteiger partial charge in [0.15, 0.2) is 0 Å². The Morgan fingerprint density at radius 1 is 1.20 bits per heavy atom. The lowest BCUT2D eigenvalue weighted by Crippen LogP contribution is -2.43. The van der Waals surface area contributed by atoms with Gasteiger partial charge in [0.05, 0.1) is 6.04 Å². The van der Waals surface area contributed by atoms with E-state index in [-0.39, 0.29) is 22.9 Å². The number of halogens is 1. The molecule has 1 fully saturated rings. The van der Waals surface area contributed by atoms with Crippen LogP contribution in [-0.4, -0.2) is 39.5 Å². The summed E-state index contributed by atoms with van der Waals surface area (Å²) in [7, 11) is -3.83. The van der Waals surface area contributed by atoms with Crippen molar-refractivity contribution in [3.8, 4) is 0 Å². The van der Waals surface area contributed by atoms with E-state index in [9.17, 15) is 13.2 Å². The molecular weight excluding hydrogens is 424 g/mol. The van der Waals surface area contributed by atoms with E-state index in [1.54, 1.807) is 23.1 Å². The topological polar surface area (TPSA) is 90.5 Å². The number of anilines is 1. The highest BCUT2D eigenvalue weighted by Crippen LogP contribution is 2.30. The lowest BCUT2D eigenvalue weighted by atomic mass is 9.98. The second kappa shape index (κ2) is 7.53. The van der Waals surface area contributed by atoms with Crippen LogP contribution in [-0.2, 0) is 27.8 Å². The molecule has 0 spiro atoms. The third kappa shape index (κ3) is 3.58. The molecule has 2 unspecified atom stereocenters. The number of fused-ring (bicyclic) bond motifs is 2. The molecule has 1 aromatic rings. The maximum atomic E-state index is 13.0. The van der Waals surface area contributed by atoms with Gasteiger partial charge >= 0.3 is 0 Å². The average molecular weight is 447 g/mol. The number of nitrogens with zero attached hydrogens (tertiary/aromatic N) is 1. The fraction of sp³-hybridized carbons (Fsp3) is 0.381. The number of carbonyl (C=O) groups is 1. The predicted molar refractivity (Wildman–Crippen MR) is 116 cm³/mol. The van der Waals surface area contributed by atoms with Crippen molar-refractivity contribution in [1.29, 1.82) is 0 Å². The minimum absolute atomic E-state index is 0.0696. The smallest absolute Gasteiger partial charge is 0.256 e. The molecule has 1 aliphatic carbocycles. The van der Waals surface area contributed by atoms with Crippen LogP contribution in [0.3, 0.4) is 0 Å². The molecule has 7 nitrogen and oxygen atoms in total. The quantitative estimate of drug-likeness (QED) is 0.651. The van der Waals surface area contributed by atoms with E-state index < -0.39 is 16.1 Å². The van der Waals surface area contributed by atoms with Crippen molar-refractivity contribution >= 4 is 33.2 Å². The van der Waals surface area contributed by atoms with Crippen molar-refractivity contribution in [1.82, 2.24) is 15.4 Å². The second-order valence-electron chi connectivity index (χ2n) is 8.02. The van der Waals surface area contributed by atoms with Crippen molar-refractivity contribution in [2.45, 2.75) is 31.5 Å². The van der Waals surface area contributed by atoms with Gasteiger partial charge in [0.1, 0.15) is 11.1 Å². The normalized spacial score (nSPS) is 28.0. The molecule has 5 rings (SSSR count). The number of benzene rings is 1. The van der Waals surface area contributed by atoms with Gasteiger partial charge in [-0.1, -0.05) is 23.7 Å². The Morgan fingerprint density at radius 3 is 2.93 bits per heavy atom. The second-order valence-corrected chi connectivity index (χ2v) is 10.1. The fourth-order valence-corrected chi connectivity index (χ4v) is 6.00. The van der Waals surface area contributed by atoms with Crippen molar-refractivity contribution in [3.05, 3.63) is 63.7 Å². The summed E-state index contributed by atoms with van der Waals surface area (Å²) in [5, 5.41) is 7.00. The van der Waals surface area contributed by atoms with Crippen LogP contribution in [0.5, 0.6) is 0 Å². The zero-order valence-corrected chi connectivity index (χ0v) is 17.8. The highest BCUT2D eigenvalue weighted by atomic mass is 35.5. The lowest BCUT2D eigenvalue weighted by molar-refractivity contribution is -0.118. The molecule has 3 heterocycles. The summed E-state index contributed by atoms with van der Waals surface area (Å²) in [6.07, 6.45) is 8.45. The van der Waals surface area contributed by atoms with E-state index in [1.807, 2.05) is 18.2 Å². The molecule has 0 aromatic heterocycles. The average Bonchev–Trinajstić information content (AvgIpc) is 3.31. The van der Waals surface area contributed by atoms with Crippen LogP contribution >= 0.6 is 11.6 Å². The van der Waals surface area contributed by atoms with Crippen LogP contribution in [0.25, 0.3) is 0 Å². The third-order valence-corrected chi connectivity index (χ3v) is 7.74. The van der Waals surface area contributed by atoms with E-state index in [1.165, 1.54) is 11.1 Å². The van der Waals surface area contributed by atoms with Gasteiger partial charge in [-0.3, -0.25) is 4.79 Å². The van der Waals surface area contributed by atoms with Crippen LogP contribution in [0.1, 0.15) is 17.5 Å². The molecule has 3 aliphatic heterocycles. The minimum atomic E-state index is -3.83. The number of carbonyl (C=O) groups excluding carboxylic acids is 1. The van der Waals surface area contributed by atoms with Gasteiger partial charge in [0.2, 0.25) is 5.91 Å². The summed E-state index contributed by atoms with van der Waals surface area (Å²) in [5.41, 5.74) is 3.32. The zero-order chi connectivity index (χ0) is 20.9. The SMILES string of the molecule is O=C1[C@@H](NS(=O)(=O)C2=CC3C=CC(Cl)=CC3N2)CCN1c1ccc2c(c1)CCNC2. The van der Waals surface area contributed by atoms with Gasteiger partial charge in [-0.2, -0.15) is 4.72 Å². The number of nitrogens with one attached hydrogen (secondary N) is 3. The molecule has 4 aliphatic rings. The lowest BCUT2D eigenvalue weighted by Gasteiger charge is -2.22. The summed E-state index contributed by atoms with van der Waals surface area (Å²) < 4.78 is 28.4. The van der Waals surface area contributed by atoms with Gasteiger partial charge < -0.3 is 15.5 Å². The summed E-state index contributed by atoms with van der Waals surface area (Å²) in [4.78, 5) is 14.6. The zero-order valence-electron chi connectivity index (χ0n) is 16.3. The first-order valence-corrected chi connectivity index (χ1v) is 12.0. The van der Waals surface area contributed by atoms with Crippen LogP contribution in [0.2, 0.25) is 0 Å². The van der Waals surface area contributed by atoms with Crippen LogP contribution in [0, 0.1) is 5.92 Å².